The highest BCUT2D eigenvalue weighted by atomic mass is 32.2. The summed E-state index contributed by atoms with van der Waals surface area (Å²) in [5.41, 5.74) is 1.85. The highest BCUT2D eigenvalue weighted by Crippen LogP contribution is 2.44. The van der Waals surface area contributed by atoms with Crippen molar-refractivity contribution in [3.8, 4) is 11.5 Å². The van der Waals surface area contributed by atoms with Crippen LogP contribution in [0.2, 0.25) is 0 Å². The minimum atomic E-state index is -3.77. The summed E-state index contributed by atoms with van der Waals surface area (Å²) >= 11 is 0. The normalized spacial score (nSPS) is 24.0. The monoisotopic (exact) mass is 1130 g/mol. The van der Waals surface area contributed by atoms with Gasteiger partial charge in [-0.1, -0.05) is 60.7 Å². The Balaban J connectivity index is 0.000000190. The maximum absolute atomic E-state index is 13.3. The van der Waals surface area contributed by atoms with Crippen LogP contribution in [0.5, 0.6) is 11.5 Å². The predicted molar refractivity (Wildman–Crippen MR) is 277 cm³/mol. The molecule has 0 aromatic heterocycles. The Morgan fingerprint density at radius 3 is 1.13 bits per heavy atom. The minimum absolute atomic E-state index is 0.0123. The van der Waals surface area contributed by atoms with Gasteiger partial charge in [-0.3, -0.25) is 0 Å². The molecule has 6 atom stereocenters. The Bertz CT molecular complexity index is 2580. The summed E-state index contributed by atoms with van der Waals surface area (Å²) in [6.45, 7) is -0.104. The Labute approximate surface area is 453 Å². The van der Waals surface area contributed by atoms with Crippen LogP contribution in [-0.4, -0.2) is 138 Å². The third-order valence-corrected chi connectivity index (χ3v) is 19.8. The van der Waals surface area contributed by atoms with Gasteiger partial charge in [0.25, 0.3) is 0 Å². The first-order valence-electron chi connectivity index (χ1n) is 26.8. The molecular formula is C56H68F4N4O12S2. The fraction of sp³-hybridized carbons (Fsp3) is 0.536. The van der Waals surface area contributed by atoms with Crippen LogP contribution in [0.3, 0.4) is 0 Å². The molecule has 2 saturated carbocycles. The van der Waals surface area contributed by atoms with Crippen LogP contribution in [0.25, 0.3) is 0 Å². The molecule has 4 saturated heterocycles. The number of nitrogens with zero attached hydrogens (tertiary/aromatic N) is 4. The molecule has 0 radical (unpaired) electrons. The van der Waals surface area contributed by atoms with E-state index in [0.717, 1.165) is 36.8 Å². The summed E-state index contributed by atoms with van der Waals surface area (Å²) in [7, 11) is -7.54. The number of carbonyl (C=O) groups excluding carboxylic acids is 2. The zero-order valence-corrected chi connectivity index (χ0v) is 45.0. The largest absolute Gasteiger partial charge is 0.445 e. The van der Waals surface area contributed by atoms with E-state index >= 15 is 0 Å². The summed E-state index contributed by atoms with van der Waals surface area (Å²) in [6.07, 6.45) is 5.78. The second kappa shape index (κ2) is 26.2. The molecule has 2 amide bonds. The van der Waals surface area contributed by atoms with Gasteiger partial charge in [0.2, 0.25) is 20.0 Å². The fourth-order valence-electron chi connectivity index (χ4n) is 12.0. The molecular weight excluding hydrogens is 1060 g/mol. The average molecular weight is 1130 g/mol. The lowest BCUT2D eigenvalue weighted by Gasteiger charge is -2.34. The molecule has 4 aliphatic heterocycles. The van der Waals surface area contributed by atoms with Crippen LogP contribution in [0.15, 0.2) is 119 Å². The van der Waals surface area contributed by atoms with Crippen molar-refractivity contribution in [1.29, 1.82) is 0 Å². The Kier molecular flexibility index (Phi) is 19.2. The molecule has 0 spiro atoms. The lowest BCUT2D eigenvalue weighted by atomic mass is 9.98. The number of benzene rings is 4. The topological polar surface area (TPSA) is 171 Å². The van der Waals surface area contributed by atoms with Crippen molar-refractivity contribution in [2.75, 3.05) is 65.7 Å². The number of carbonyl (C=O) groups is 2. The van der Waals surface area contributed by atoms with Crippen LogP contribution >= 0.6 is 0 Å². The van der Waals surface area contributed by atoms with E-state index in [1.165, 1.54) is 57.1 Å². The highest BCUT2D eigenvalue weighted by molar-refractivity contribution is 7.89. The number of amides is 2. The highest BCUT2D eigenvalue weighted by Gasteiger charge is 2.49. The molecule has 0 N–H and O–H groups in total. The van der Waals surface area contributed by atoms with Crippen molar-refractivity contribution in [1.82, 2.24) is 18.4 Å². The Morgan fingerprint density at radius 1 is 0.500 bits per heavy atom. The number of hydrogen-bond acceptors (Lipinski definition) is 12. The average Bonchev–Trinajstić information content (AvgIpc) is 4.33. The van der Waals surface area contributed by atoms with Crippen LogP contribution in [0.1, 0.15) is 62.5 Å². The fourth-order valence-corrected chi connectivity index (χ4v) is 15.1. The van der Waals surface area contributed by atoms with E-state index < -0.39 is 33.3 Å². The van der Waals surface area contributed by atoms with Gasteiger partial charge in [0, 0.05) is 77.8 Å². The quantitative estimate of drug-likeness (QED) is 0.0866. The Hall–Kier alpha value is -5.52. The molecule has 22 heteroatoms. The molecule has 10 rings (SSSR count). The van der Waals surface area contributed by atoms with Gasteiger partial charge in [-0.15, -0.1) is 0 Å². The third-order valence-electron chi connectivity index (χ3n) is 16.1. The van der Waals surface area contributed by atoms with Gasteiger partial charge in [0.05, 0.1) is 9.79 Å². The lowest BCUT2D eigenvalue weighted by Crippen LogP contribution is -2.44. The third kappa shape index (κ3) is 14.6. The van der Waals surface area contributed by atoms with Crippen LogP contribution < -0.4 is 9.47 Å². The number of hydrogen-bond donors (Lipinski definition) is 0. The second-order valence-electron chi connectivity index (χ2n) is 21.1. The second-order valence-corrected chi connectivity index (χ2v) is 25.0. The van der Waals surface area contributed by atoms with E-state index in [1.54, 1.807) is 0 Å². The lowest BCUT2D eigenvalue weighted by molar-refractivity contribution is -0.0505. The van der Waals surface area contributed by atoms with Crippen molar-refractivity contribution < 1.29 is 72.4 Å². The smallest absolute Gasteiger partial charge is 0.410 e. The zero-order chi connectivity index (χ0) is 54.8. The zero-order valence-electron chi connectivity index (χ0n) is 43.3. The molecule has 78 heavy (non-hydrogen) atoms. The van der Waals surface area contributed by atoms with Crippen molar-refractivity contribution >= 4 is 32.2 Å². The first-order valence-corrected chi connectivity index (χ1v) is 29.7. The van der Waals surface area contributed by atoms with Gasteiger partial charge >= 0.3 is 25.4 Å². The van der Waals surface area contributed by atoms with E-state index in [2.05, 4.69) is 9.47 Å². The van der Waals surface area contributed by atoms with E-state index in [9.17, 15) is 44.0 Å². The van der Waals surface area contributed by atoms with Gasteiger partial charge < -0.3 is 38.2 Å². The first kappa shape index (κ1) is 57.2. The van der Waals surface area contributed by atoms with Crippen molar-refractivity contribution in [2.24, 2.45) is 35.5 Å². The molecule has 4 aromatic carbocycles. The number of fused-ring (bicyclic) bond motifs is 2. The van der Waals surface area contributed by atoms with Crippen molar-refractivity contribution in [3.63, 3.8) is 0 Å². The number of alkyl halides is 4. The number of halogens is 4. The molecule has 424 valence electrons. The summed E-state index contributed by atoms with van der Waals surface area (Å²) < 4.78 is 137. The van der Waals surface area contributed by atoms with E-state index in [-0.39, 0.29) is 82.4 Å². The van der Waals surface area contributed by atoms with Crippen molar-refractivity contribution in [3.05, 3.63) is 120 Å². The summed E-state index contributed by atoms with van der Waals surface area (Å²) in [4.78, 5) is 30.5. The van der Waals surface area contributed by atoms with Crippen LogP contribution in [0, 0.1) is 35.5 Å². The van der Waals surface area contributed by atoms with Crippen molar-refractivity contribution in [2.45, 2.75) is 99.7 Å². The molecule has 4 heterocycles. The minimum Gasteiger partial charge on any atom is -0.445 e. The standard InChI is InChI=1S/2C28H34F2N2O6S/c2*29-27(30)38-25-6-8-26(9-7-25)39(34,35)31-17-22-14-24(15-23(22)18-31)32(16-20-10-12-36-13-11-20)28(33)37-19-21-4-2-1-3-5-21/h2*1-9,20,22-24,27H,10-19H2/t2*22-,23+,24?. The maximum atomic E-state index is 13.3. The maximum Gasteiger partial charge on any atom is 0.410 e. The molecule has 4 aromatic rings. The summed E-state index contributed by atoms with van der Waals surface area (Å²) in [5, 5.41) is 0. The Morgan fingerprint density at radius 2 is 0.821 bits per heavy atom. The molecule has 6 fully saturated rings. The molecule has 2 aliphatic carbocycles. The molecule has 6 aliphatic rings. The number of sulfonamides is 2. The van der Waals surface area contributed by atoms with Gasteiger partial charge in [-0.05, 0) is 147 Å². The van der Waals surface area contributed by atoms with Gasteiger partial charge in [0.15, 0.2) is 0 Å². The summed E-state index contributed by atoms with van der Waals surface area (Å²) in [6, 6.07) is 29.3. The number of rotatable bonds is 18. The molecule has 16 nitrogen and oxygen atoms in total. The van der Waals surface area contributed by atoms with E-state index in [4.69, 9.17) is 18.9 Å². The SMILES string of the molecule is O=C(OCc1ccccc1)N(CC1CCOCC1)C1C[C@@H]2CN(S(=O)(=O)c3ccc(OC(F)F)cc3)C[C@@H]2C1.O=C(OCc1ccccc1)N(CC1CCOCC1)C1C[C@@H]2CN(S(=O)(=O)c3ccc(OC(F)F)cc3)C[C@@H]2C1. The van der Waals surface area contributed by atoms with E-state index in [1.807, 2.05) is 70.5 Å². The van der Waals surface area contributed by atoms with Gasteiger partial charge in [-0.25, -0.2) is 26.4 Å². The van der Waals surface area contributed by atoms with Crippen LogP contribution in [0.4, 0.5) is 27.2 Å². The summed E-state index contributed by atoms with van der Waals surface area (Å²) in [5.74, 6) is 1.03. The van der Waals surface area contributed by atoms with Gasteiger partial charge in [-0.2, -0.15) is 26.2 Å². The molecule has 2 unspecified atom stereocenters. The van der Waals surface area contributed by atoms with E-state index in [0.29, 0.717) is 103 Å². The van der Waals surface area contributed by atoms with Gasteiger partial charge in [0.1, 0.15) is 24.7 Å². The number of ether oxygens (including phenoxy) is 6. The molecule has 0 bridgehead atoms. The predicted octanol–water partition coefficient (Wildman–Crippen LogP) is 9.51. The van der Waals surface area contributed by atoms with Crippen LogP contribution in [-0.2, 0) is 52.2 Å². The first-order chi connectivity index (χ1) is 37.6.